The van der Waals surface area contributed by atoms with Crippen LogP contribution in [0.1, 0.15) is 22.8 Å². The molecule has 9 heteroatoms. The SMILES string of the molecule is CC(=O)c1ccc(N2CCN(C(=O)CSC3=NC(=Cc4ccsc4)C(=O)N3c3ccccc3)CC2)cc1. The minimum absolute atomic E-state index is 0.0232. The topological polar surface area (TPSA) is 73.3 Å². The van der Waals surface area contributed by atoms with Crippen molar-refractivity contribution in [2.75, 3.05) is 41.7 Å². The van der Waals surface area contributed by atoms with E-state index in [-0.39, 0.29) is 23.4 Å². The molecule has 0 aliphatic carbocycles. The highest BCUT2D eigenvalue weighted by molar-refractivity contribution is 8.14. The van der Waals surface area contributed by atoms with Crippen molar-refractivity contribution in [1.29, 1.82) is 0 Å². The van der Waals surface area contributed by atoms with Crippen molar-refractivity contribution < 1.29 is 14.4 Å². The van der Waals surface area contributed by atoms with E-state index in [0.29, 0.717) is 29.5 Å². The van der Waals surface area contributed by atoms with Gasteiger partial charge in [0, 0.05) is 37.4 Å². The van der Waals surface area contributed by atoms with Crippen molar-refractivity contribution in [2.24, 2.45) is 4.99 Å². The molecule has 2 aliphatic heterocycles. The number of Topliss-reactive ketones (excluding diaryl/α,β-unsaturated/α-hetero) is 1. The molecule has 5 rings (SSSR count). The van der Waals surface area contributed by atoms with Crippen LogP contribution in [0.25, 0.3) is 6.08 Å². The van der Waals surface area contributed by atoms with Crippen molar-refractivity contribution in [3.63, 3.8) is 0 Å². The van der Waals surface area contributed by atoms with E-state index in [4.69, 9.17) is 0 Å². The average molecular weight is 531 g/mol. The highest BCUT2D eigenvalue weighted by Crippen LogP contribution is 2.30. The van der Waals surface area contributed by atoms with Crippen LogP contribution < -0.4 is 9.80 Å². The Hall–Kier alpha value is -3.69. The van der Waals surface area contributed by atoms with Crippen molar-refractivity contribution in [3.05, 3.63) is 88.2 Å². The Kier molecular flexibility index (Phi) is 7.52. The summed E-state index contributed by atoms with van der Waals surface area (Å²) in [5.74, 6) is 0.0776. The van der Waals surface area contributed by atoms with Gasteiger partial charge < -0.3 is 9.80 Å². The smallest absolute Gasteiger partial charge is 0.283 e. The second kappa shape index (κ2) is 11.1. The van der Waals surface area contributed by atoms with E-state index in [1.165, 1.54) is 11.8 Å². The number of ketones is 1. The quantitative estimate of drug-likeness (QED) is 0.339. The zero-order valence-electron chi connectivity index (χ0n) is 20.4. The molecule has 0 atom stereocenters. The van der Waals surface area contributed by atoms with E-state index in [1.807, 2.05) is 76.3 Å². The summed E-state index contributed by atoms with van der Waals surface area (Å²) in [7, 11) is 0. The number of carbonyl (C=O) groups excluding carboxylic acids is 3. The maximum absolute atomic E-state index is 13.2. The summed E-state index contributed by atoms with van der Waals surface area (Å²) in [6.45, 7) is 4.23. The predicted octanol–water partition coefficient (Wildman–Crippen LogP) is 4.78. The van der Waals surface area contributed by atoms with Gasteiger partial charge in [-0.3, -0.25) is 19.3 Å². The Morgan fingerprint density at radius 3 is 2.35 bits per heavy atom. The van der Waals surface area contributed by atoms with Gasteiger partial charge in [0.1, 0.15) is 5.70 Å². The lowest BCUT2D eigenvalue weighted by atomic mass is 10.1. The first-order valence-electron chi connectivity index (χ1n) is 12.0. The van der Waals surface area contributed by atoms with E-state index in [0.717, 1.165) is 30.0 Å². The van der Waals surface area contributed by atoms with E-state index in [2.05, 4.69) is 9.89 Å². The van der Waals surface area contributed by atoms with Crippen LogP contribution in [0.5, 0.6) is 0 Å². The molecule has 3 heterocycles. The van der Waals surface area contributed by atoms with Gasteiger partial charge in [-0.15, -0.1) is 0 Å². The van der Waals surface area contributed by atoms with E-state index >= 15 is 0 Å². The molecule has 1 aromatic heterocycles. The molecule has 7 nitrogen and oxygen atoms in total. The number of rotatable bonds is 6. The number of aliphatic imine (C=N–C) groups is 1. The summed E-state index contributed by atoms with van der Waals surface area (Å²) in [6.07, 6.45) is 1.78. The van der Waals surface area contributed by atoms with Crippen LogP contribution in [-0.4, -0.2) is 59.6 Å². The van der Waals surface area contributed by atoms with Crippen LogP contribution in [0, 0.1) is 0 Å². The number of thioether (sulfide) groups is 1. The molecule has 0 unspecified atom stereocenters. The lowest BCUT2D eigenvalue weighted by molar-refractivity contribution is -0.128. The lowest BCUT2D eigenvalue weighted by Gasteiger charge is -2.36. The highest BCUT2D eigenvalue weighted by Gasteiger charge is 2.33. The zero-order chi connectivity index (χ0) is 25.8. The molecule has 2 amide bonds. The van der Waals surface area contributed by atoms with Gasteiger partial charge in [0.15, 0.2) is 11.0 Å². The van der Waals surface area contributed by atoms with Gasteiger partial charge in [-0.2, -0.15) is 11.3 Å². The van der Waals surface area contributed by atoms with E-state index in [1.54, 1.807) is 29.2 Å². The van der Waals surface area contributed by atoms with Crippen LogP contribution in [0.15, 0.2) is 82.1 Å². The summed E-state index contributed by atoms with van der Waals surface area (Å²) < 4.78 is 0. The van der Waals surface area contributed by atoms with Gasteiger partial charge in [-0.1, -0.05) is 30.0 Å². The first-order chi connectivity index (χ1) is 18.0. The molecule has 2 aliphatic rings. The number of thiophene rings is 1. The first-order valence-corrected chi connectivity index (χ1v) is 13.9. The Labute approximate surface area is 224 Å². The summed E-state index contributed by atoms with van der Waals surface area (Å²) in [6, 6.07) is 18.9. The molecule has 0 spiro atoms. The second-order valence-electron chi connectivity index (χ2n) is 8.72. The van der Waals surface area contributed by atoms with Crippen molar-refractivity contribution >= 4 is 63.3 Å². The summed E-state index contributed by atoms with van der Waals surface area (Å²) >= 11 is 2.85. The van der Waals surface area contributed by atoms with Crippen LogP contribution >= 0.6 is 23.1 Å². The van der Waals surface area contributed by atoms with Crippen molar-refractivity contribution in [3.8, 4) is 0 Å². The third-order valence-corrected chi connectivity index (χ3v) is 7.91. The molecule has 1 saturated heterocycles. The fraction of sp³-hybridized carbons (Fsp3) is 0.214. The average Bonchev–Trinajstić information content (AvgIpc) is 3.55. The molecule has 3 aromatic rings. The number of hydrogen-bond acceptors (Lipinski definition) is 7. The standard InChI is InChI=1S/C28H26N4O3S2/c1-20(33)22-7-9-23(10-8-22)30-12-14-31(15-13-30)26(34)19-37-28-29-25(17-21-11-16-36-18-21)27(35)32(28)24-5-3-2-4-6-24/h2-11,16-18H,12-15,19H2,1H3. The normalized spacial score (nSPS) is 16.9. The predicted molar refractivity (Wildman–Crippen MR) is 151 cm³/mol. The Bertz CT molecular complexity index is 1340. The fourth-order valence-electron chi connectivity index (χ4n) is 4.25. The lowest BCUT2D eigenvalue weighted by Crippen LogP contribution is -2.49. The number of anilines is 2. The van der Waals surface area contributed by atoms with Crippen LogP contribution in [-0.2, 0) is 9.59 Å². The number of nitrogens with zero attached hydrogens (tertiary/aromatic N) is 4. The third kappa shape index (κ3) is 5.68. The minimum atomic E-state index is -0.197. The van der Waals surface area contributed by atoms with Crippen molar-refractivity contribution in [1.82, 2.24) is 4.90 Å². The largest absolute Gasteiger partial charge is 0.368 e. The molecular weight excluding hydrogens is 504 g/mol. The van der Waals surface area contributed by atoms with Gasteiger partial charge in [-0.05, 0) is 71.8 Å². The maximum atomic E-state index is 13.2. The van der Waals surface area contributed by atoms with Crippen molar-refractivity contribution in [2.45, 2.75) is 6.92 Å². The minimum Gasteiger partial charge on any atom is -0.368 e. The molecule has 188 valence electrons. The Morgan fingerprint density at radius 2 is 1.70 bits per heavy atom. The summed E-state index contributed by atoms with van der Waals surface area (Å²) in [5.41, 5.74) is 3.77. The maximum Gasteiger partial charge on any atom is 0.283 e. The monoisotopic (exact) mass is 530 g/mol. The molecule has 37 heavy (non-hydrogen) atoms. The van der Waals surface area contributed by atoms with E-state index < -0.39 is 0 Å². The molecule has 0 radical (unpaired) electrons. The first kappa shape index (κ1) is 25.0. The van der Waals surface area contributed by atoms with Gasteiger partial charge >= 0.3 is 0 Å². The number of para-hydroxylation sites is 1. The number of carbonyl (C=O) groups is 3. The van der Waals surface area contributed by atoms with Gasteiger partial charge in [0.05, 0.1) is 11.4 Å². The van der Waals surface area contributed by atoms with E-state index in [9.17, 15) is 14.4 Å². The second-order valence-corrected chi connectivity index (χ2v) is 10.4. The summed E-state index contributed by atoms with van der Waals surface area (Å²) in [5, 5.41) is 4.43. The number of hydrogen-bond donors (Lipinski definition) is 0. The van der Waals surface area contributed by atoms with Crippen LogP contribution in [0.4, 0.5) is 11.4 Å². The molecule has 0 saturated carbocycles. The third-order valence-electron chi connectivity index (χ3n) is 6.29. The zero-order valence-corrected chi connectivity index (χ0v) is 22.0. The fourth-order valence-corrected chi connectivity index (χ4v) is 5.78. The Morgan fingerprint density at radius 1 is 0.973 bits per heavy atom. The number of amides is 2. The molecule has 2 aromatic carbocycles. The molecule has 1 fully saturated rings. The van der Waals surface area contributed by atoms with Gasteiger partial charge in [-0.25, -0.2) is 4.99 Å². The number of benzene rings is 2. The molecular formula is C28H26N4O3S2. The van der Waals surface area contributed by atoms with Crippen LogP contribution in [0.3, 0.4) is 0 Å². The Balaban J connectivity index is 1.23. The van der Waals surface area contributed by atoms with Gasteiger partial charge in [0.25, 0.3) is 5.91 Å². The highest BCUT2D eigenvalue weighted by atomic mass is 32.2. The number of amidine groups is 1. The van der Waals surface area contributed by atoms with Crippen LogP contribution in [0.2, 0.25) is 0 Å². The van der Waals surface area contributed by atoms with Gasteiger partial charge in [0.2, 0.25) is 5.91 Å². The summed E-state index contributed by atoms with van der Waals surface area (Å²) in [4.78, 5) is 48.1. The number of piperazine rings is 1. The molecule has 0 N–H and O–H groups in total. The molecule has 0 bridgehead atoms.